The number of carbonyl (C=O) groups is 2. The van der Waals surface area contributed by atoms with Crippen molar-refractivity contribution in [3.05, 3.63) is 59.7 Å². The van der Waals surface area contributed by atoms with Gasteiger partial charge in [0.05, 0.1) is 7.11 Å². The molecule has 0 saturated heterocycles. The lowest BCUT2D eigenvalue weighted by Gasteiger charge is -2.22. The number of hydrogen-bond donors (Lipinski definition) is 2. The van der Waals surface area contributed by atoms with Crippen LogP contribution in [0.4, 0.5) is 5.69 Å². The van der Waals surface area contributed by atoms with Crippen LogP contribution in [0.25, 0.3) is 0 Å². The van der Waals surface area contributed by atoms with Crippen molar-refractivity contribution in [3.8, 4) is 5.75 Å². The number of hydrogen-bond acceptors (Lipinski definition) is 3. The first kappa shape index (κ1) is 18.5. The zero-order valence-corrected chi connectivity index (χ0v) is 15.0. The molecule has 0 saturated carbocycles. The molecule has 25 heavy (non-hydrogen) atoms. The molecule has 2 aromatic carbocycles. The number of amides is 2. The van der Waals surface area contributed by atoms with Crippen LogP contribution in [0.3, 0.4) is 0 Å². The van der Waals surface area contributed by atoms with E-state index in [0.717, 1.165) is 5.56 Å². The minimum Gasteiger partial charge on any atom is -0.497 e. The smallest absolute Gasteiger partial charge is 0.252 e. The van der Waals surface area contributed by atoms with Crippen LogP contribution in [0.1, 0.15) is 29.8 Å². The van der Waals surface area contributed by atoms with Crippen LogP contribution in [0.2, 0.25) is 0 Å². The molecule has 5 nitrogen and oxygen atoms in total. The first-order chi connectivity index (χ1) is 11.9. The molecular formula is C20H24N2O3. The van der Waals surface area contributed by atoms with Crippen molar-refractivity contribution in [1.82, 2.24) is 5.32 Å². The summed E-state index contributed by atoms with van der Waals surface area (Å²) < 4.78 is 5.10. The Morgan fingerprint density at radius 2 is 1.64 bits per heavy atom. The van der Waals surface area contributed by atoms with Crippen molar-refractivity contribution in [1.29, 1.82) is 0 Å². The number of benzene rings is 2. The van der Waals surface area contributed by atoms with Crippen LogP contribution in [0, 0.1) is 12.8 Å². The van der Waals surface area contributed by atoms with Crippen LogP contribution < -0.4 is 15.4 Å². The van der Waals surface area contributed by atoms with Gasteiger partial charge in [-0.25, -0.2) is 0 Å². The topological polar surface area (TPSA) is 67.4 Å². The summed E-state index contributed by atoms with van der Waals surface area (Å²) in [7, 11) is 1.59. The van der Waals surface area contributed by atoms with E-state index in [0.29, 0.717) is 17.0 Å². The monoisotopic (exact) mass is 340 g/mol. The van der Waals surface area contributed by atoms with Gasteiger partial charge < -0.3 is 15.4 Å². The molecule has 0 aromatic heterocycles. The van der Waals surface area contributed by atoms with Crippen LogP contribution in [0.5, 0.6) is 5.75 Å². The van der Waals surface area contributed by atoms with Gasteiger partial charge in [0, 0.05) is 11.3 Å². The quantitative estimate of drug-likeness (QED) is 0.847. The summed E-state index contributed by atoms with van der Waals surface area (Å²) in [6.45, 7) is 5.67. The van der Waals surface area contributed by atoms with Crippen molar-refractivity contribution in [2.75, 3.05) is 12.4 Å². The summed E-state index contributed by atoms with van der Waals surface area (Å²) in [5.74, 6) is 0.168. The fraction of sp³-hybridized carbons (Fsp3) is 0.300. The van der Waals surface area contributed by atoms with Gasteiger partial charge in [-0.3, -0.25) is 9.59 Å². The van der Waals surface area contributed by atoms with Crippen LogP contribution in [0.15, 0.2) is 48.5 Å². The minimum absolute atomic E-state index is 0.0498. The number of aryl methyl sites for hydroxylation is 1. The number of rotatable bonds is 6. The van der Waals surface area contributed by atoms with Gasteiger partial charge in [-0.2, -0.15) is 0 Å². The number of carbonyl (C=O) groups excluding carboxylic acids is 2. The Hall–Kier alpha value is -2.82. The van der Waals surface area contributed by atoms with Crippen molar-refractivity contribution in [2.24, 2.45) is 5.92 Å². The highest BCUT2D eigenvalue weighted by atomic mass is 16.5. The van der Waals surface area contributed by atoms with E-state index in [2.05, 4.69) is 10.6 Å². The number of nitrogens with one attached hydrogen (secondary N) is 2. The number of anilines is 1. The Morgan fingerprint density at radius 3 is 2.20 bits per heavy atom. The number of methoxy groups -OCH3 is 1. The highest BCUT2D eigenvalue weighted by molar-refractivity contribution is 6.01. The van der Waals surface area contributed by atoms with Crippen molar-refractivity contribution < 1.29 is 14.3 Å². The molecule has 0 aliphatic heterocycles. The molecule has 0 unspecified atom stereocenters. The molecule has 0 radical (unpaired) electrons. The van der Waals surface area contributed by atoms with Gasteiger partial charge in [0.25, 0.3) is 5.91 Å². The van der Waals surface area contributed by atoms with E-state index in [9.17, 15) is 9.59 Å². The van der Waals surface area contributed by atoms with Gasteiger partial charge in [-0.05, 0) is 48.7 Å². The molecule has 0 aliphatic carbocycles. The van der Waals surface area contributed by atoms with Gasteiger partial charge in [0.15, 0.2) is 0 Å². The number of ether oxygens (including phenoxy) is 1. The second-order valence-electron chi connectivity index (χ2n) is 6.23. The molecule has 0 fully saturated rings. The van der Waals surface area contributed by atoms with E-state index in [1.165, 1.54) is 0 Å². The lowest BCUT2D eigenvalue weighted by Crippen LogP contribution is -2.47. The maximum absolute atomic E-state index is 12.6. The summed E-state index contributed by atoms with van der Waals surface area (Å²) in [6.07, 6.45) is 0. The zero-order valence-electron chi connectivity index (χ0n) is 15.0. The van der Waals surface area contributed by atoms with E-state index < -0.39 is 6.04 Å². The molecule has 0 spiro atoms. The van der Waals surface area contributed by atoms with Crippen LogP contribution in [-0.4, -0.2) is 25.0 Å². The largest absolute Gasteiger partial charge is 0.497 e. The first-order valence-corrected chi connectivity index (χ1v) is 8.23. The average molecular weight is 340 g/mol. The SMILES string of the molecule is COc1ccc(NC(=O)[C@@H](NC(=O)c2ccccc2C)C(C)C)cc1. The van der Waals surface area contributed by atoms with E-state index >= 15 is 0 Å². The van der Waals surface area contributed by atoms with Gasteiger partial charge in [0.1, 0.15) is 11.8 Å². The van der Waals surface area contributed by atoms with Gasteiger partial charge in [-0.15, -0.1) is 0 Å². The lowest BCUT2D eigenvalue weighted by atomic mass is 10.0. The summed E-state index contributed by atoms with van der Waals surface area (Å²) in [6, 6.07) is 13.7. The fourth-order valence-corrected chi connectivity index (χ4v) is 2.48. The molecule has 5 heteroatoms. The molecule has 0 bridgehead atoms. The Morgan fingerprint density at radius 1 is 1.00 bits per heavy atom. The van der Waals surface area contributed by atoms with E-state index in [-0.39, 0.29) is 17.7 Å². The highest BCUT2D eigenvalue weighted by Crippen LogP contribution is 2.16. The predicted molar refractivity (Wildman–Crippen MR) is 98.9 cm³/mol. The molecule has 0 aliphatic rings. The molecule has 0 heterocycles. The minimum atomic E-state index is -0.630. The van der Waals surface area contributed by atoms with Crippen molar-refractivity contribution in [3.63, 3.8) is 0 Å². The average Bonchev–Trinajstić information content (AvgIpc) is 2.60. The van der Waals surface area contributed by atoms with Gasteiger partial charge >= 0.3 is 0 Å². The molecule has 2 amide bonds. The Kier molecular flexibility index (Phi) is 6.17. The lowest BCUT2D eigenvalue weighted by molar-refractivity contribution is -0.118. The Labute approximate surface area is 148 Å². The van der Waals surface area contributed by atoms with Crippen LogP contribution >= 0.6 is 0 Å². The van der Waals surface area contributed by atoms with Gasteiger partial charge in [-0.1, -0.05) is 32.0 Å². The summed E-state index contributed by atoms with van der Waals surface area (Å²) >= 11 is 0. The zero-order chi connectivity index (χ0) is 18.4. The predicted octanol–water partition coefficient (Wildman–Crippen LogP) is 3.40. The third-order valence-corrected chi connectivity index (χ3v) is 3.98. The first-order valence-electron chi connectivity index (χ1n) is 8.23. The van der Waals surface area contributed by atoms with Crippen molar-refractivity contribution in [2.45, 2.75) is 26.8 Å². The van der Waals surface area contributed by atoms with E-state index in [1.54, 1.807) is 37.4 Å². The maximum atomic E-state index is 12.6. The molecule has 2 N–H and O–H groups in total. The van der Waals surface area contributed by atoms with Crippen molar-refractivity contribution >= 4 is 17.5 Å². The second kappa shape index (κ2) is 8.33. The van der Waals surface area contributed by atoms with Gasteiger partial charge in [0.2, 0.25) is 5.91 Å². The normalized spacial score (nSPS) is 11.7. The van der Waals surface area contributed by atoms with E-state index in [1.807, 2.05) is 39.0 Å². The second-order valence-corrected chi connectivity index (χ2v) is 6.23. The maximum Gasteiger partial charge on any atom is 0.252 e. The fourth-order valence-electron chi connectivity index (χ4n) is 2.48. The summed E-state index contributed by atoms with van der Waals surface area (Å²) in [5, 5.41) is 5.68. The standard InChI is InChI=1S/C20H24N2O3/c1-13(2)18(22-19(23)17-8-6-5-7-14(17)3)20(24)21-15-9-11-16(25-4)12-10-15/h5-13,18H,1-4H3,(H,21,24)(H,22,23)/t18-/m0/s1. The molecule has 132 valence electrons. The summed E-state index contributed by atoms with van der Waals surface area (Å²) in [5.41, 5.74) is 2.10. The third kappa shape index (κ3) is 4.83. The van der Waals surface area contributed by atoms with Crippen LogP contribution in [-0.2, 0) is 4.79 Å². The Balaban J connectivity index is 2.10. The molecule has 2 aromatic rings. The highest BCUT2D eigenvalue weighted by Gasteiger charge is 2.25. The summed E-state index contributed by atoms with van der Waals surface area (Å²) in [4.78, 5) is 25.1. The Bertz CT molecular complexity index is 739. The van der Waals surface area contributed by atoms with E-state index in [4.69, 9.17) is 4.74 Å². The molecule has 2 rings (SSSR count). The molecular weight excluding hydrogens is 316 g/mol. The third-order valence-electron chi connectivity index (χ3n) is 3.98. The molecule has 1 atom stereocenters.